The smallest absolute Gasteiger partial charge is 0.327 e. The molecule has 0 saturated heterocycles. The molecule has 0 saturated carbocycles. The lowest BCUT2D eigenvalue weighted by Crippen LogP contribution is -1.82. The number of carboxylic acids is 1. The van der Waals surface area contributed by atoms with E-state index < -0.39 is 14.6 Å². The van der Waals surface area contributed by atoms with Gasteiger partial charge < -0.3 is 19.8 Å². The quantitative estimate of drug-likeness (QED) is 0.300. The Balaban J connectivity index is 0. The summed E-state index contributed by atoms with van der Waals surface area (Å²) in [6, 6.07) is 0. The predicted molar refractivity (Wildman–Crippen MR) is 31.4 cm³/mol. The Bertz CT molecular complexity index is 87.4. The second-order valence-corrected chi connectivity index (χ2v) is 1.35. The largest absolute Gasteiger partial charge is 0.478 e. The van der Waals surface area contributed by atoms with Gasteiger partial charge in [0.25, 0.3) is 0 Å². The second kappa shape index (κ2) is 7.52. The Hall–Kier alpha value is -0.480. The molecule has 0 bridgehead atoms. The number of carboxylic acid groups (broad SMARTS) is 1. The van der Waals surface area contributed by atoms with Crippen LogP contribution >= 0.6 is 8.60 Å². The van der Waals surface area contributed by atoms with Gasteiger partial charge in [0.1, 0.15) is 0 Å². The molecule has 5 nitrogen and oxygen atoms in total. The average Bonchev–Trinajstić information content (AvgIpc) is 1.65. The van der Waals surface area contributed by atoms with Crippen molar-refractivity contribution in [2.45, 2.75) is 0 Å². The molecule has 0 heterocycles. The summed E-state index contributed by atoms with van der Waals surface area (Å²) in [5.74, 6) is -0.981. The van der Waals surface area contributed by atoms with Gasteiger partial charge in [-0.25, -0.2) is 4.79 Å². The maximum atomic E-state index is 9.25. The van der Waals surface area contributed by atoms with Crippen molar-refractivity contribution in [3.8, 4) is 0 Å². The second-order valence-electron chi connectivity index (χ2n) is 0.811. The van der Waals surface area contributed by atoms with E-state index in [4.69, 9.17) is 19.8 Å². The average molecular weight is 154 g/mol. The minimum atomic E-state index is -2.62. The maximum absolute atomic E-state index is 9.25. The summed E-state index contributed by atoms with van der Waals surface area (Å²) in [6.45, 7) is 2.96. The van der Waals surface area contributed by atoms with Crippen molar-refractivity contribution in [3.63, 3.8) is 0 Å². The van der Waals surface area contributed by atoms with Crippen LogP contribution in [0.3, 0.4) is 0 Å². The fraction of sp³-hybridized carbons (Fsp3) is 0. The molecule has 0 fully saturated rings. The van der Waals surface area contributed by atoms with E-state index >= 15 is 0 Å². The highest BCUT2D eigenvalue weighted by atomic mass is 31.2. The van der Waals surface area contributed by atoms with Crippen LogP contribution in [-0.2, 0) is 4.79 Å². The van der Waals surface area contributed by atoms with E-state index in [-0.39, 0.29) is 0 Å². The maximum Gasteiger partial charge on any atom is 0.327 e. The van der Waals surface area contributed by atoms with Crippen LogP contribution in [0.5, 0.6) is 0 Å². The standard InChI is InChI=1S/C3H4O2.H3O3P/c1-2-3(4)5;1-4(2)3/h2H,1H2,(H,4,5);1-3H. The predicted octanol–water partition coefficient (Wildman–Crippen LogP) is -0.553. The molecule has 0 aliphatic heterocycles. The summed E-state index contributed by atoms with van der Waals surface area (Å²) >= 11 is 0. The fourth-order valence-corrected chi connectivity index (χ4v) is 0. The SMILES string of the molecule is C=CC(=O)O.OP(O)O. The summed E-state index contributed by atoms with van der Waals surface area (Å²) in [5.41, 5.74) is 0. The molecule has 0 aromatic rings. The van der Waals surface area contributed by atoms with Crippen molar-refractivity contribution in [1.29, 1.82) is 0 Å². The highest BCUT2D eigenvalue weighted by Gasteiger charge is 1.76. The van der Waals surface area contributed by atoms with E-state index in [9.17, 15) is 4.79 Å². The van der Waals surface area contributed by atoms with E-state index in [0.29, 0.717) is 0 Å². The van der Waals surface area contributed by atoms with E-state index in [1.807, 2.05) is 0 Å². The van der Waals surface area contributed by atoms with E-state index in [1.165, 1.54) is 0 Å². The third-order valence-corrected chi connectivity index (χ3v) is 0.175. The van der Waals surface area contributed by atoms with Crippen molar-refractivity contribution in [3.05, 3.63) is 12.7 Å². The van der Waals surface area contributed by atoms with Crippen molar-refractivity contribution >= 4 is 14.6 Å². The molecule has 9 heavy (non-hydrogen) atoms. The Morgan fingerprint density at radius 2 is 1.56 bits per heavy atom. The first kappa shape index (κ1) is 11.3. The van der Waals surface area contributed by atoms with Gasteiger partial charge in [-0.15, -0.1) is 0 Å². The number of aliphatic carboxylic acids is 1. The van der Waals surface area contributed by atoms with Crippen molar-refractivity contribution in [1.82, 2.24) is 0 Å². The normalized spacial score (nSPS) is 7.56. The molecule has 4 N–H and O–H groups in total. The lowest BCUT2D eigenvalue weighted by atomic mass is 10.7. The monoisotopic (exact) mass is 154 g/mol. The van der Waals surface area contributed by atoms with Crippen LogP contribution in [0.25, 0.3) is 0 Å². The van der Waals surface area contributed by atoms with Crippen molar-refractivity contribution in [2.24, 2.45) is 0 Å². The van der Waals surface area contributed by atoms with E-state index in [1.54, 1.807) is 0 Å². The van der Waals surface area contributed by atoms with Crippen molar-refractivity contribution < 1.29 is 24.6 Å². The molecule has 0 aromatic carbocycles. The van der Waals surface area contributed by atoms with Gasteiger partial charge in [-0.2, -0.15) is 0 Å². The Morgan fingerprint density at radius 3 is 1.56 bits per heavy atom. The Morgan fingerprint density at radius 1 is 1.44 bits per heavy atom. The zero-order chi connectivity index (χ0) is 7.86. The number of hydrogen-bond donors (Lipinski definition) is 4. The molecule has 0 rings (SSSR count). The van der Waals surface area contributed by atoms with Gasteiger partial charge in [0.05, 0.1) is 0 Å². The van der Waals surface area contributed by atoms with Crippen LogP contribution in [0.2, 0.25) is 0 Å². The Kier molecular flexibility index (Phi) is 9.47. The third-order valence-electron chi connectivity index (χ3n) is 0.175. The first-order chi connectivity index (χ1) is 4.00. The van der Waals surface area contributed by atoms with Gasteiger partial charge >= 0.3 is 14.6 Å². The Labute approximate surface area is 52.9 Å². The number of carbonyl (C=O) groups is 1. The van der Waals surface area contributed by atoms with Gasteiger partial charge in [0.15, 0.2) is 0 Å². The molecular weight excluding hydrogens is 147 g/mol. The summed E-state index contributed by atoms with van der Waals surface area (Å²) in [6.07, 6.45) is 0.833. The van der Waals surface area contributed by atoms with Gasteiger partial charge in [-0.05, 0) is 0 Å². The molecular formula is C3H7O5P. The lowest BCUT2D eigenvalue weighted by molar-refractivity contribution is -0.131. The van der Waals surface area contributed by atoms with Crippen LogP contribution in [-0.4, -0.2) is 25.8 Å². The molecule has 54 valence electrons. The van der Waals surface area contributed by atoms with Crippen LogP contribution in [0.15, 0.2) is 12.7 Å². The number of rotatable bonds is 1. The molecule has 0 aromatic heterocycles. The van der Waals surface area contributed by atoms with E-state index in [2.05, 4.69) is 6.58 Å². The van der Waals surface area contributed by atoms with Gasteiger partial charge in [0.2, 0.25) is 0 Å². The van der Waals surface area contributed by atoms with Crippen molar-refractivity contribution in [2.75, 3.05) is 0 Å². The first-order valence-corrected chi connectivity index (χ1v) is 2.92. The van der Waals surface area contributed by atoms with Crippen LogP contribution in [0.4, 0.5) is 0 Å². The zero-order valence-corrected chi connectivity index (χ0v) is 5.32. The molecule has 0 amide bonds. The molecule has 0 aliphatic carbocycles. The zero-order valence-electron chi connectivity index (χ0n) is 4.43. The highest BCUT2D eigenvalue weighted by molar-refractivity contribution is 7.38. The van der Waals surface area contributed by atoms with Gasteiger partial charge in [0, 0.05) is 6.08 Å². The third kappa shape index (κ3) is 99.2. The minimum absolute atomic E-state index is 0.833. The molecule has 0 aliphatic rings. The molecule has 0 unspecified atom stereocenters. The molecule has 6 heteroatoms. The van der Waals surface area contributed by atoms with Crippen LogP contribution < -0.4 is 0 Å². The number of hydrogen-bond acceptors (Lipinski definition) is 4. The van der Waals surface area contributed by atoms with Crippen LogP contribution in [0, 0.1) is 0 Å². The molecule has 0 spiro atoms. The first-order valence-electron chi connectivity index (χ1n) is 1.72. The highest BCUT2D eigenvalue weighted by Crippen LogP contribution is 2.11. The summed E-state index contributed by atoms with van der Waals surface area (Å²) in [5, 5.41) is 7.60. The van der Waals surface area contributed by atoms with E-state index in [0.717, 1.165) is 6.08 Å². The van der Waals surface area contributed by atoms with Gasteiger partial charge in [-0.3, -0.25) is 0 Å². The minimum Gasteiger partial charge on any atom is -0.478 e. The summed E-state index contributed by atoms with van der Waals surface area (Å²) < 4.78 is 0. The van der Waals surface area contributed by atoms with Gasteiger partial charge in [-0.1, -0.05) is 6.58 Å². The lowest BCUT2D eigenvalue weighted by Gasteiger charge is -1.76. The fourth-order valence-electron chi connectivity index (χ4n) is 0. The molecule has 0 atom stereocenters. The molecule has 0 radical (unpaired) electrons. The van der Waals surface area contributed by atoms with Crippen LogP contribution in [0.1, 0.15) is 0 Å². The summed E-state index contributed by atoms with van der Waals surface area (Å²) in [7, 11) is -2.62. The topological polar surface area (TPSA) is 98.0 Å². The summed E-state index contributed by atoms with van der Waals surface area (Å²) in [4.78, 5) is 30.9.